The third kappa shape index (κ3) is 2.95. The van der Waals surface area contributed by atoms with Gasteiger partial charge >= 0.3 is 6.03 Å². The summed E-state index contributed by atoms with van der Waals surface area (Å²) in [5.74, 6) is -0.426. The third-order valence-corrected chi connectivity index (χ3v) is 6.19. The molecule has 2 fully saturated rings. The fourth-order valence-electron chi connectivity index (χ4n) is 3.36. The zero-order chi connectivity index (χ0) is 17.5. The molecule has 0 bridgehead atoms. The first-order valence-electron chi connectivity index (χ1n) is 7.69. The molecule has 0 N–H and O–H groups in total. The quantitative estimate of drug-likeness (QED) is 0.691. The lowest BCUT2D eigenvalue weighted by molar-refractivity contribution is 0.0393. The van der Waals surface area contributed by atoms with E-state index in [4.69, 9.17) is 0 Å². The number of carbonyl (C=O) groups is 2. The summed E-state index contributed by atoms with van der Waals surface area (Å²) in [6, 6.07) is 1.99. The van der Waals surface area contributed by atoms with Crippen LogP contribution in [0, 0.1) is 0 Å². The first-order valence-corrected chi connectivity index (χ1v) is 9.51. The Morgan fingerprint density at radius 1 is 1.08 bits per heavy atom. The van der Waals surface area contributed by atoms with Crippen molar-refractivity contribution in [1.29, 1.82) is 0 Å². The number of fused-ring (bicyclic) bond motifs is 1. The standard InChI is InChI=1S/C15H20N4O4S/c1-17(2)15(21)19-8-7-18(12-9-24(22,23)10-13(12)19)14(20)11-3-5-16-6-4-11/h3-6,12-13H,7-10H2,1-2H3/t12-,13+/m0/s1. The molecule has 2 atom stereocenters. The van der Waals surface area contributed by atoms with E-state index in [0.29, 0.717) is 18.7 Å². The molecule has 0 radical (unpaired) electrons. The van der Waals surface area contributed by atoms with Crippen LogP contribution < -0.4 is 0 Å². The first-order chi connectivity index (χ1) is 11.3. The van der Waals surface area contributed by atoms with Crippen LogP contribution in [0.2, 0.25) is 0 Å². The minimum absolute atomic E-state index is 0.0998. The average molecular weight is 352 g/mol. The molecule has 130 valence electrons. The van der Waals surface area contributed by atoms with E-state index in [9.17, 15) is 18.0 Å². The van der Waals surface area contributed by atoms with Crippen LogP contribution in [0.1, 0.15) is 10.4 Å². The van der Waals surface area contributed by atoms with Crippen molar-refractivity contribution in [3.05, 3.63) is 30.1 Å². The summed E-state index contributed by atoms with van der Waals surface area (Å²) in [6.07, 6.45) is 3.06. The van der Waals surface area contributed by atoms with E-state index in [2.05, 4.69) is 4.98 Å². The number of hydrogen-bond acceptors (Lipinski definition) is 5. The smallest absolute Gasteiger partial charge is 0.319 e. The monoisotopic (exact) mass is 352 g/mol. The lowest BCUT2D eigenvalue weighted by atomic mass is 10.0. The van der Waals surface area contributed by atoms with E-state index in [0.717, 1.165) is 0 Å². The number of amides is 3. The van der Waals surface area contributed by atoms with Crippen LogP contribution in [0.15, 0.2) is 24.5 Å². The maximum atomic E-state index is 12.8. The number of pyridine rings is 1. The predicted octanol–water partition coefficient (Wildman–Crippen LogP) is -0.313. The highest BCUT2D eigenvalue weighted by molar-refractivity contribution is 7.91. The summed E-state index contributed by atoms with van der Waals surface area (Å²) in [6.45, 7) is 0.641. The number of nitrogens with zero attached hydrogens (tertiary/aromatic N) is 4. The molecule has 1 aromatic rings. The largest absolute Gasteiger partial charge is 0.331 e. The van der Waals surface area contributed by atoms with Crippen LogP contribution in [0.5, 0.6) is 0 Å². The van der Waals surface area contributed by atoms with Gasteiger partial charge in [-0.05, 0) is 12.1 Å². The Kier molecular flexibility index (Phi) is 4.20. The van der Waals surface area contributed by atoms with Gasteiger partial charge in [0.15, 0.2) is 9.84 Å². The molecule has 2 aliphatic heterocycles. The Balaban J connectivity index is 1.90. The number of urea groups is 1. The molecule has 3 heterocycles. The number of piperazine rings is 1. The zero-order valence-electron chi connectivity index (χ0n) is 13.6. The molecule has 0 spiro atoms. The third-order valence-electron chi connectivity index (χ3n) is 4.49. The van der Waals surface area contributed by atoms with Crippen LogP contribution in [0.3, 0.4) is 0 Å². The van der Waals surface area contributed by atoms with Crippen molar-refractivity contribution in [2.45, 2.75) is 12.1 Å². The molecule has 3 amide bonds. The number of sulfone groups is 1. The molecule has 8 nitrogen and oxygen atoms in total. The van der Waals surface area contributed by atoms with E-state index >= 15 is 0 Å². The van der Waals surface area contributed by atoms with Gasteiger partial charge in [0.2, 0.25) is 0 Å². The van der Waals surface area contributed by atoms with Gasteiger partial charge in [0.05, 0.1) is 23.6 Å². The summed E-state index contributed by atoms with van der Waals surface area (Å²) >= 11 is 0. The Bertz CT molecular complexity index is 750. The molecule has 2 saturated heterocycles. The zero-order valence-corrected chi connectivity index (χ0v) is 14.4. The van der Waals surface area contributed by atoms with Gasteiger partial charge in [-0.3, -0.25) is 9.78 Å². The predicted molar refractivity (Wildman–Crippen MR) is 87.3 cm³/mol. The van der Waals surface area contributed by atoms with Gasteiger partial charge in [-0.15, -0.1) is 0 Å². The molecular formula is C15H20N4O4S. The minimum atomic E-state index is -3.29. The fourth-order valence-corrected chi connectivity index (χ4v) is 5.34. The Labute approximate surface area is 141 Å². The second-order valence-electron chi connectivity index (χ2n) is 6.32. The van der Waals surface area contributed by atoms with Crippen LogP contribution in [-0.2, 0) is 9.84 Å². The second-order valence-corrected chi connectivity index (χ2v) is 8.47. The number of aromatic nitrogens is 1. The molecule has 0 unspecified atom stereocenters. The lowest BCUT2D eigenvalue weighted by Gasteiger charge is -2.44. The van der Waals surface area contributed by atoms with E-state index in [1.165, 1.54) is 17.3 Å². The van der Waals surface area contributed by atoms with Crippen molar-refractivity contribution >= 4 is 21.8 Å². The minimum Gasteiger partial charge on any atom is -0.331 e. The van der Waals surface area contributed by atoms with Crippen molar-refractivity contribution < 1.29 is 18.0 Å². The molecule has 0 saturated carbocycles. The number of carbonyl (C=O) groups excluding carboxylic acids is 2. The van der Waals surface area contributed by atoms with Crippen LogP contribution in [0.25, 0.3) is 0 Å². The topological polar surface area (TPSA) is 90.9 Å². The number of rotatable bonds is 1. The average Bonchev–Trinajstić information content (AvgIpc) is 2.88. The van der Waals surface area contributed by atoms with E-state index in [-0.39, 0.29) is 23.4 Å². The molecule has 0 aliphatic carbocycles. The van der Waals surface area contributed by atoms with Crippen molar-refractivity contribution in [2.24, 2.45) is 0 Å². The summed E-state index contributed by atoms with van der Waals surface area (Å²) in [7, 11) is -0.0198. The summed E-state index contributed by atoms with van der Waals surface area (Å²) in [5, 5.41) is 0. The normalized spacial score (nSPS) is 25.2. The summed E-state index contributed by atoms with van der Waals surface area (Å²) < 4.78 is 24.3. The van der Waals surface area contributed by atoms with Crippen LogP contribution >= 0.6 is 0 Å². The van der Waals surface area contributed by atoms with Crippen molar-refractivity contribution in [2.75, 3.05) is 38.7 Å². The van der Waals surface area contributed by atoms with Gasteiger partial charge in [-0.2, -0.15) is 0 Å². The van der Waals surface area contributed by atoms with Gasteiger partial charge in [-0.1, -0.05) is 0 Å². The van der Waals surface area contributed by atoms with E-state index in [1.807, 2.05) is 0 Å². The Morgan fingerprint density at radius 2 is 1.62 bits per heavy atom. The van der Waals surface area contributed by atoms with Gasteiger partial charge < -0.3 is 14.7 Å². The molecule has 24 heavy (non-hydrogen) atoms. The highest BCUT2D eigenvalue weighted by Gasteiger charge is 2.49. The molecule has 2 aliphatic rings. The van der Waals surface area contributed by atoms with Crippen LogP contribution in [0.4, 0.5) is 4.79 Å². The van der Waals surface area contributed by atoms with Gasteiger partial charge in [0, 0.05) is 45.1 Å². The van der Waals surface area contributed by atoms with Crippen molar-refractivity contribution in [3.8, 4) is 0 Å². The molecular weight excluding hydrogens is 332 g/mol. The van der Waals surface area contributed by atoms with Crippen LogP contribution in [-0.4, -0.2) is 90.8 Å². The lowest BCUT2D eigenvalue weighted by Crippen LogP contribution is -2.63. The van der Waals surface area contributed by atoms with Crippen molar-refractivity contribution in [1.82, 2.24) is 19.7 Å². The van der Waals surface area contributed by atoms with Gasteiger partial charge in [0.25, 0.3) is 5.91 Å². The molecule has 3 rings (SSSR count). The molecule has 1 aromatic heterocycles. The molecule has 9 heteroatoms. The van der Waals surface area contributed by atoms with Crippen molar-refractivity contribution in [3.63, 3.8) is 0 Å². The molecule has 0 aromatic carbocycles. The van der Waals surface area contributed by atoms with Gasteiger partial charge in [-0.25, -0.2) is 13.2 Å². The summed E-state index contributed by atoms with van der Waals surface area (Å²) in [5.41, 5.74) is 0.473. The Morgan fingerprint density at radius 3 is 2.21 bits per heavy atom. The highest BCUT2D eigenvalue weighted by atomic mass is 32.2. The SMILES string of the molecule is CN(C)C(=O)N1CCN(C(=O)c2ccncc2)[C@H]2CS(=O)(=O)C[C@H]21. The van der Waals surface area contributed by atoms with Gasteiger partial charge in [0.1, 0.15) is 0 Å². The highest BCUT2D eigenvalue weighted by Crippen LogP contribution is 2.28. The Hall–Kier alpha value is -2.16. The fraction of sp³-hybridized carbons (Fsp3) is 0.533. The maximum Gasteiger partial charge on any atom is 0.319 e. The maximum absolute atomic E-state index is 12.8. The number of hydrogen-bond donors (Lipinski definition) is 0. The van der Waals surface area contributed by atoms with E-state index < -0.39 is 21.9 Å². The second kappa shape index (κ2) is 6.04. The van der Waals surface area contributed by atoms with E-state index in [1.54, 1.807) is 36.0 Å². The summed E-state index contributed by atoms with van der Waals surface area (Å²) in [4.78, 5) is 33.6. The first kappa shape index (κ1) is 16.7.